The Kier molecular flexibility index (Phi) is 11.4. The average Bonchev–Trinajstić information content (AvgIpc) is 3.00. The van der Waals surface area contributed by atoms with E-state index in [1.54, 1.807) is 30.5 Å². The van der Waals surface area contributed by atoms with Crippen LogP contribution < -0.4 is 15.5 Å². The van der Waals surface area contributed by atoms with Gasteiger partial charge >= 0.3 is 12.3 Å². The fraction of sp³-hybridized carbons (Fsp3) is 0.394. The van der Waals surface area contributed by atoms with E-state index in [0.717, 1.165) is 30.9 Å². The topological polar surface area (TPSA) is 130 Å². The molecule has 1 saturated heterocycles. The molecule has 3 N–H and O–H groups in total. The lowest BCUT2D eigenvalue weighted by Gasteiger charge is -2.27. The molecule has 1 aromatic heterocycles. The number of nitrogens with one attached hydrogen (secondary N) is 2. The minimum absolute atomic E-state index is 0.0156. The van der Waals surface area contributed by atoms with E-state index in [1.165, 1.54) is 18.0 Å². The Morgan fingerprint density at radius 3 is 2.48 bits per heavy atom. The Bertz CT molecular complexity index is 1560. The first-order valence-electron chi connectivity index (χ1n) is 14.9. The third-order valence-electron chi connectivity index (χ3n) is 7.22. The summed E-state index contributed by atoms with van der Waals surface area (Å²) in [6.45, 7) is 4.84. The summed E-state index contributed by atoms with van der Waals surface area (Å²) >= 11 is 0. The Balaban J connectivity index is 1.50. The number of amides is 2. The fourth-order valence-electron chi connectivity index (χ4n) is 5.17. The van der Waals surface area contributed by atoms with E-state index in [2.05, 4.69) is 15.6 Å². The zero-order chi connectivity index (χ0) is 33.4. The molecule has 1 unspecified atom stereocenters. The molecule has 0 saturated carbocycles. The molecular weight excluding hydrogens is 605 g/mol. The average molecular weight is 643 g/mol. The Morgan fingerprint density at radius 1 is 1.07 bits per heavy atom. The predicted molar refractivity (Wildman–Crippen MR) is 167 cm³/mol. The maximum atomic E-state index is 14.1. The molecular formula is C33H37F3N4O6. The van der Waals surface area contributed by atoms with Gasteiger partial charge in [0, 0.05) is 32.0 Å². The molecule has 3 aromatic rings. The number of carbonyl (C=O) groups excluding carboxylic acids is 2. The summed E-state index contributed by atoms with van der Waals surface area (Å²) in [5, 5.41) is 13.7. The zero-order valence-corrected chi connectivity index (χ0v) is 25.8. The Labute approximate surface area is 264 Å². The van der Waals surface area contributed by atoms with Crippen molar-refractivity contribution < 1.29 is 42.1 Å². The van der Waals surface area contributed by atoms with Gasteiger partial charge in [-0.2, -0.15) is 13.2 Å². The van der Waals surface area contributed by atoms with Crippen LogP contribution in [0.1, 0.15) is 61.1 Å². The normalized spacial score (nSPS) is 15.0. The number of carbonyl (C=O) groups is 3. The minimum atomic E-state index is -4.80. The molecule has 246 valence electrons. The maximum absolute atomic E-state index is 14.1. The lowest BCUT2D eigenvalue weighted by atomic mass is 10.00. The number of anilines is 3. The molecule has 1 fully saturated rings. The van der Waals surface area contributed by atoms with Crippen LogP contribution in [0.2, 0.25) is 0 Å². The lowest BCUT2D eigenvalue weighted by Crippen LogP contribution is -2.26. The molecule has 0 bridgehead atoms. The number of ketones is 1. The third-order valence-corrected chi connectivity index (χ3v) is 7.22. The number of rotatable bonds is 12. The van der Waals surface area contributed by atoms with Gasteiger partial charge in [0.15, 0.2) is 12.1 Å². The van der Waals surface area contributed by atoms with Crippen LogP contribution in [0, 0.1) is 5.92 Å². The second-order valence-electron chi connectivity index (χ2n) is 11.5. The van der Waals surface area contributed by atoms with Crippen molar-refractivity contribution in [3.63, 3.8) is 0 Å². The summed E-state index contributed by atoms with van der Waals surface area (Å²) in [5.41, 5.74) is 0.334. The zero-order valence-electron chi connectivity index (χ0n) is 25.8. The van der Waals surface area contributed by atoms with Crippen LogP contribution in [0.3, 0.4) is 0 Å². The first-order chi connectivity index (χ1) is 21.8. The third kappa shape index (κ3) is 9.51. The van der Waals surface area contributed by atoms with E-state index in [1.807, 2.05) is 19.9 Å². The minimum Gasteiger partial charge on any atom is -0.465 e. The number of hydrogen-bond acceptors (Lipinski definition) is 7. The van der Waals surface area contributed by atoms with Gasteiger partial charge in [-0.15, -0.1) is 0 Å². The Hall–Kier alpha value is -4.49. The van der Waals surface area contributed by atoms with Crippen LogP contribution in [0.15, 0.2) is 54.7 Å². The van der Waals surface area contributed by atoms with Gasteiger partial charge in [0.25, 0.3) is 0 Å². The summed E-state index contributed by atoms with van der Waals surface area (Å²) < 4.78 is 53.6. The molecule has 1 atom stereocenters. The largest absolute Gasteiger partial charge is 0.465 e. The van der Waals surface area contributed by atoms with E-state index < -0.39 is 41.6 Å². The smallest absolute Gasteiger partial charge is 0.418 e. The summed E-state index contributed by atoms with van der Waals surface area (Å²) in [6, 6.07) is 11.9. The summed E-state index contributed by atoms with van der Waals surface area (Å²) in [7, 11) is 1.47. The molecule has 1 aliphatic rings. The number of halogens is 3. The molecule has 46 heavy (non-hydrogen) atoms. The monoisotopic (exact) mass is 642 g/mol. The molecule has 2 heterocycles. The highest BCUT2D eigenvalue weighted by molar-refractivity contribution is 6.12. The van der Waals surface area contributed by atoms with Gasteiger partial charge in [0.2, 0.25) is 5.91 Å². The van der Waals surface area contributed by atoms with Gasteiger partial charge in [-0.3, -0.25) is 19.9 Å². The van der Waals surface area contributed by atoms with Crippen molar-refractivity contribution in [1.29, 1.82) is 0 Å². The van der Waals surface area contributed by atoms with Gasteiger partial charge in [-0.25, -0.2) is 4.79 Å². The van der Waals surface area contributed by atoms with Crippen molar-refractivity contribution in [3.8, 4) is 11.1 Å². The number of aromatic nitrogens is 1. The molecule has 10 nitrogen and oxygen atoms in total. The van der Waals surface area contributed by atoms with Crippen molar-refractivity contribution in [1.82, 2.24) is 4.98 Å². The molecule has 13 heteroatoms. The highest BCUT2D eigenvalue weighted by Gasteiger charge is 2.36. The number of alkyl halides is 3. The summed E-state index contributed by atoms with van der Waals surface area (Å²) in [5.74, 6) is -1.47. The standard InChI is InChI=1S/C33H37F3N4O6/c1-20(2)18-40(3)28-16-27(39-32(43)44)26(15-25(28)33(34,35)36)38-30(42)17-29(41)23-8-6-7-21(13-23)22-10-11-37-24(14-22)19-46-31-9-4-5-12-45-31/h6-8,10-11,13-16,20,31,39H,4-5,9,12,17-19H2,1-3H3,(H,38,42)(H,43,44). The van der Waals surface area contributed by atoms with Crippen LogP contribution in [0.4, 0.5) is 35.0 Å². The molecule has 0 aliphatic carbocycles. The second kappa shape index (κ2) is 15.2. The molecule has 4 rings (SSSR count). The van der Waals surface area contributed by atoms with Crippen LogP contribution in [-0.4, -0.2) is 54.4 Å². The van der Waals surface area contributed by atoms with Crippen molar-refractivity contribution in [2.24, 2.45) is 5.92 Å². The van der Waals surface area contributed by atoms with Crippen molar-refractivity contribution in [2.75, 3.05) is 35.7 Å². The number of Topliss-reactive ketones (excluding diaryl/α,β-unsaturated/α-hetero) is 1. The van der Waals surface area contributed by atoms with Crippen molar-refractivity contribution >= 4 is 34.8 Å². The quantitative estimate of drug-likeness (QED) is 0.140. The van der Waals surface area contributed by atoms with Gasteiger partial charge < -0.3 is 24.8 Å². The van der Waals surface area contributed by atoms with Crippen molar-refractivity contribution in [2.45, 2.75) is 58.6 Å². The van der Waals surface area contributed by atoms with E-state index in [4.69, 9.17) is 9.47 Å². The molecule has 2 aromatic carbocycles. The van der Waals surface area contributed by atoms with Crippen LogP contribution >= 0.6 is 0 Å². The van der Waals surface area contributed by atoms with Crippen LogP contribution in [0.25, 0.3) is 11.1 Å². The number of hydrogen-bond donors (Lipinski definition) is 3. The number of ether oxygens (including phenoxy) is 2. The Morgan fingerprint density at radius 2 is 1.80 bits per heavy atom. The van der Waals surface area contributed by atoms with Crippen LogP contribution in [0.5, 0.6) is 0 Å². The first-order valence-corrected chi connectivity index (χ1v) is 14.9. The number of benzene rings is 2. The second-order valence-corrected chi connectivity index (χ2v) is 11.5. The van der Waals surface area contributed by atoms with E-state index in [0.29, 0.717) is 23.9 Å². The van der Waals surface area contributed by atoms with E-state index in [-0.39, 0.29) is 42.3 Å². The van der Waals surface area contributed by atoms with Crippen molar-refractivity contribution in [3.05, 3.63) is 71.5 Å². The molecule has 1 aliphatic heterocycles. The first kappa shape index (κ1) is 34.4. The highest BCUT2D eigenvalue weighted by Crippen LogP contribution is 2.41. The van der Waals surface area contributed by atoms with Gasteiger partial charge in [0.1, 0.15) is 0 Å². The lowest BCUT2D eigenvalue weighted by molar-refractivity contribution is -0.169. The van der Waals surface area contributed by atoms with Gasteiger partial charge in [-0.05, 0) is 66.6 Å². The number of nitrogens with zero attached hydrogens (tertiary/aromatic N) is 2. The molecule has 0 radical (unpaired) electrons. The molecule has 2 amide bonds. The SMILES string of the molecule is CC(C)CN(C)c1cc(NC(=O)O)c(NC(=O)CC(=O)c2cccc(-c3ccnc(COC4CCCCO4)c3)c2)cc1C(F)(F)F. The molecule has 0 spiro atoms. The number of carboxylic acid groups (broad SMARTS) is 1. The van der Waals surface area contributed by atoms with Gasteiger partial charge in [0.05, 0.1) is 41.3 Å². The summed E-state index contributed by atoms with van der Waals surface area (Å²) in [6.07, 6.45) is -2.81. The summed E-state index contributed by atoms with van der Waals surface area (Å²) in [4.78, 5) is 43.2. The van der Waals surface area contributed by atoms with Crippen LogP contribution in [-0.2, 0) is 27.1 Å². The fourth-order valence-corrected chi connectivity index (χ4v) is 5.17. The van der Waals surface area contributed by atoms with Gasteiger partial charge in [-0.1, -0.05) is 32.0 Å². The van der Waals surface area contributed by atoms with E-state index >= 15 is 0 Å². The maximum Gasteiger partial charge on any atom is 0.418 e. The van der Waals surface area contributed by atoms with E-state index in [9.17, 15) is 32.7 Å². The highest BCUT2D eigenvalue weighted by atomic mass is 19.4. The number of pyridine rings is 1. The predicted octanol–water partition coefficient (Wildman–Crippen LogP) is 7.20.